The molecule has 0 aromatic carbocycles. The topological polar surface area (TPSA) is 96.5 Å². The van der Waals surface area contributed by atoms with Crippen molar-refractivity contribution in [2.24, 2.45) is 0 Å². The van der Waals surface area contributed by atoms with Crippen molar-refractivity contribution >= 4 is 12.0 Å². The van der Waals surface area contributed by atoms with Crippen LogP contribution in [0.2, 0.25) is 0 Å². The number of carbonyl (C=O) groups is 1. The Labute approximate surface area is 160 Å². The van der Waals surface area contributed by atoms with Gasteiger partial charge in [0, 0.05) is 31.4 Å². The summed E-state index contributed by atoms with van der Waals surface area (Å²) in [4.78, 5) is 31.1. The number of carbonyl (C=O) groups excluding carboxylic acids is 1. The molecule has 0 unspecified atom stereocenters. The van der Waals surface area contributed by atoms with Gasteiger partial charge >= 0.3 is 6.09 Å². The van der Waals surface area contributed by atoms with E-state index in [1.165, 1.54) is 31.5 Å². The van der Waals surface area contributed by atoms with E-state index in [4.69, 9.17) is 9.47 Å². The third-order valence-corrected chi connectivity index (χ3v) is 4.29. The molecular formula is C19H32N4O4. The number of aromatic nitrogens is 2. The highest BCUT2D eigenvalue weighted by Crippen LogP contribution is 2.18. The lowest BCUT2D eigenvalue weighted by molar-refractivity contribution is 0.0493. The van der Waals surface area contributed by atoms with E-state index in [0.717, 1.165) is 25.9 Å². The summed E-state index contributed by atoms with van der Waals surface area (Å²) in [6.07, 6.45) is 7.18. The molecule has 2 heterocycles. The second-order valence-corrected chi connectivity index (χ2v) is 7.84. The molecule has 0 bridgehead atoms. The van der Waals surface area contributed by atoms with E-state index in [0.29, 0.717) is 25.2 Å². The molecule has 2 N–H and O–H groups in total. The van der Waals surface area contributed by atoms with Gasteiger partial charge in [-0.2, -0.15) is 0 Å². The van der Waals surface area contributed by atoms with E-state index in [-0.39, 0.29) is 11.7 Å². The molecule has 27 heavy (non-hydrogen) atoms. The summed E-state index contributed by atoms with van der Waals surface area (Å²) >= 11 is 0. The Morgan fingerprint density at radius 2 is 1.93 bits per heavy atom. The number of alkyl carbamates (subject to hydrolysis) is 1. The van der Waals surface area contributed by atoms with Gasteiger partial charge in [-0.05, 0) is 33.6 Å². The minimum atomic E-state index is -0.390. The molecule has 1 saturated heterocycles. The first-order valence-electron chi connectivity index (χ1n) is 9.71. The molecule has 1 saturated carbocycles. The van der Waals surface area contributed by atoms with Gasteiger partial charge in [-0.1, -0.05) is 19.3 Å². The van der Waals surface area contributed by atoms with Gasteiger partial charge in [-0.25, -0.2) is 9.78 Å². The van der Waals surface area contributed by atoms with Crippen LogP contribution in [-0.2, 0) is 9.47 Å². The Morgan fingerprint density at radius 1 is 1.26 bits per heavy atom. The predicted octanol–water partition coefficient (Wildman–Crippen LogP) is 2.45. The number of rotatable bonds is 2. The van der Waals surface area contributed by atoms with E-state index in [1.54, 1.807) is 0 Å². The van der Waals surface area contributed by atoms with Crippen LogP contribution in [-0.4, -0.2) is 54.0 Å². The van der Waals surface area contributed by atoms with Crippen molar-refractivity contribution in [3.05, 3.63) is 22.6 Å². The summed E-state index contributed by atoms with van der Waals surface area (Å²) in [6.45, 7) is 8.60. The third kappa shape index (κ3) is 8.43. The number of ether oxygens (including phenoxy) is 2. The van der Waals surface area contributed by atoms with Crippen molar-refractivity contribution in [1.29, 1.82) is 0 Å². The van der Waals surface area contributed by atoms with Crippen LogP contribution in [0.25, 0.3) is 0 Å². The fraction of sp³-hybridized carbons (Fsp3) is 0.737. The summed E-state index contributed by atoms with van der Waals surface area (Å²) in [5, 5.41) is 2.91. The van der Waals surface area contributed by atoms with E-state index >= 15 is 0 Å². The molecule has 2 aliphatic rings. The van der Waals surface area contributed by atoms with Gasteiger partial charge in [0.25, 0.3) is 5.56 Å². The zero-order chi connectivity index (χ0) is 19.7. The van der Waals surface area contributed by atoms with Gasteiger partial charge in [0.05, 0.1) is 13.2 Å². The average molecular weight is 380 g/mol. The smallest absolute Gasteiger partial charge is 0.407 e. The molecular weight excluding hydrogens is 348 g/mol. The first-order valence-corrected chi connectivity index (χ1v) is 9.71. The largest absolute Gasteiger partial charge is 0.444 e. The molecule has 8 nitrogen and oxygen atoms in total. The van der Waals surface area contributed by atoms with E-state index < -0.39 is 5.60 Å². The van der Waals surface area contributed by atoms with Crippen LogP contribution in [0.3, 0.4) is 0 Å². The maximum atomic E-state index is 11.4. The number of aromatic amines is 1. The van der Waals surface area contributed by atoms with E-state index in [9.17, 15) is 9.59 Å². The molecule has 3 rings (SSSR count). The van der Waals surface area contributed by atoms with E-state index in [1.807, 2.05) is 25.7 Å². The standard InChI is InChI=1S/C11H21NO2.C8H11N3O2/c1-11(2,3)14-10(13)12-9-7-5-4-6-8-9;12-7-1-2-9-8(10-7)11-3-5-13-6-4-11/h9H,4-8H2,1-3H3,(H,12,13);1-2H,3-6H2,(H,9,10,12). The fourth-order valence-electron chi connectivity index (χ4n) is 3.02. The van der Waals surface area contributed by atoms with Gasteiger partial charge < -0.3 is 19.7 Å². The number of hydrogen-bond acceptors (Lipinski definition) is 6. The van der Waals surface area contributed by atoms with Gasteiger partial charge in [0.1, 0.15) is 5.60 Å². The van der Waals surface area contributed by atoms with Crippen LogP contribution in [0.1, 0.15) is 52.9 Å². The number of hydrogen-bond donors (Lipinski definition) is 2. The highest BCUT2D eigenvalue weighted by Gasteiger charge is 2.20. The van der Waals surface area contributed by atoms with Crippen LogP contribution in [0.5, 0.6) is 0 Å². The van der Waals surface area contributed by atoms with Crippen molar-refractivity contribution < 1.29 is 14.3 Å². The molecule has 1 amide bonds. The van der Waals surface area contributed by atoms with Crippen LogP contribution in [0.4, 0.5) is 10.7 Å². The molecule has 8 heteroatoms. The normalized spacial score (nSPS) is 18.3. The minimum Gasteiger partial charge on any atom is -0.444 e. The second kappa shape index (κ2) is 10.3. The molecule has 0 radical (unpaired) electrons. The first kappa shape index (κ1) is 21.2. The SMILES string of the molecule is CC(C)(C)OC(=O)NC1CCCCC1.O=c1ccnc(N2CCOCC2)[nH]1. The van der Waals surface area contributed by atoms with Crippen molar-refractivity contribution in [2.45, 2.75) is 64.5 Å². The zero-order valence-corrected chi connectivity index (χ0v) is 16.6. The monoisotopic (exact) mass is 380 g/mol. The summed E-state index contributed by atoms with van der Waals surface area (Å²) in [5.41, 5.74) is -0.504. The van der Waals surface area contributed by atoms with Crippen LogP contribution >= 0.6 is 0 Å². The minimum absolute atomic E-state index is 0.114. The van der Waals surface area contributed by atoms with Crippen molar-refractivity contribution in [3.8, 4) is 0 Å². The maximum absolute atomic E-state index is 11.4. The van der Waals surface area contributed by atoms with Crippen molar-refractivity contribution in [3.63, 3.8) is 0 Å². The van der Waals surface area contributed by atoms with Gasteiger partial charge in [0.15, 0.2) is 0 Å². The number of H-pyrrole nitrogens is 1. The zero-order valence-electron chi connectivity index (χ0n) is 16.6. The maximum Gasteiger partial charge on any atom is 0.407 e. The van der Waals surface area contributed by atoms with Crippen molar-refractivity contribution in [1.82, 2.24) is 15.3 Å². The highest BCUT2D eigenvalue weighted by molar-refractivity contribution is 5.68. The number of anilines is 1. The Hall–Kier alpha value is -2.09. The van der Waals surface area contributed by atoms with Gasteiger partial charge in [0.2, 0.25) is 5.95 Å². The molecule has 1 aromatic heterocycles. The Balaban J connectivity index is 0.000000194. The lowest BCUT2D eigenvalue weighted by Gasteiger charge is -2.26. The molecule has 0 spiro atoms. The van der Waals surface area contributed by atoms with Crippen LogP contribution in [0, 0.1) is 0 Å². The Kier molecular flexibility index (Phi) is 8.09. The lowest BCUT2D eigenvalue weighted by atomic mass is 9.96. The number of nitrogens with zero attached hydrogens (tertiary/aromatic N) is 2. The number of morpholine rings is 1. The number of amides is 1. The number of nitrogens with one attached hydrogen (secondary N) is 2. The first-order chi connectivity index (χ1) is 12.8. The molecule has 1 aliphatic heterocycles. The lowest BCUT2D eigenvalue weighted by Crippen LogP contribution is -2.39. The Bertz CT molecular complexity index is 629. The quantitative estimate of drug-likeness (QED) is 0.818. The molecule has 0 atom stereocenters. The molecule has 1 aromatic rings. The summed E-state index contributed by atoms with van der Waals surface area (Å²) in [5.74, 6) is 0.635. The average Bonchev–Trinajstić information content (AvgIpc) is 2.62. The van der Waals surface area contributed by atoms with Gasteiger partial charge in [-0.3, -0.25) is 9.78 Å². The van der Waals surface area contributed by atoms with Gasteiger partial charge in [-0.15, -0.1) is 0 Å². The summed E-state index contributed by atoms with van der Waals surface area (Å²) in [6, 6.07) is 1.74. The van der Waals surface area contributed by atoms with Crippen LogP contribution < -0.4 is 15.8 Å². The summed E-state index contributed by atoms with van der Waals surface area (Å²) < 4.78 is 10.4. The second-order valence-electron chi connectivity index (χ2n) is 7.84. The fourth-order valence-corrected chi connectivity index (χ4v) is 3.02. The summed E-state index contributed by atoms with van der Waals surface area (Å²) in [7, 11) is 0. The molecule has 152 valence electrons. The molecule has 2 fully saturated rings. The Morgan fingerprint density at radius 3 is 2.52 bits per heavy atom. The van der Waals surface area contributed by atoms with Crippen molar-refractivity contribution in [2.75, 3.05) is 31.2 Å². The predicted molar refractivity (Wildman–Crippen MR) is 104 cm³/mol. The van der Waals surface area contributed by atoms with Crippen LogP contribution in [0.15, 0.2) is 17.1 Å². The van der Waals surface area contributed by atoms with E-state index in [2.05, 4.69) is 15.3 Å². The molecule has 1 aliphatic carbocycles. The highest BCUT2D eigenvalue weighted by atomic mass is 16.6. The third-order valence-electron chi connectivity index (χ3n) is 4.29.